The lowest BCUT2D eigenvalue weighted by molar-refractivity contribution is -0.120. The van der Waals surface area contributed by atoms with E-state index >= 15 is 0 Å². The molecule has 0 saturated heterocycles. The molecule has 1 amide bonds. The van der Waals surface area contributed by atoms with Gasteiger partial charge in [0.25, 0.3) is 0 Å². The molecule has 6 rings (SSSR count). The van der Waals surface area contributed by atoms with Crippen LogP contribution in [0.1, 0.15) is 43.9 Å². The summed E-state index contributed by atoms with van der Waals surface area (Å²) < 4.78 is 10.9. The number of fused-ring (bicyclic) bond motifs is 2. The minimum absolute atomic E-state index is 0.0935. The Balaban J connectivity index is 1.35. The number of rotatable bonds is 5. The largest absolute Gasteiger partial charge is 0.454 e. The molecule has 1 aliphatic carbocycles. The van der Waals surface area contributed by atoms with Gasteiger partial charge in [-0.05, 0) is 47.2 Å². The van der Waals surface area contributed by atoms with Crippen LogP contribution in [-0.4, -0.2) is 25.0 Å². The summed E-state index contributed by atoms with van der Waals surface area (Å²) in [6, 6.07) is 23.2. The molecule has 1 atom stereocenters. The van der Waals surface area contributed by atoms with E-state index < -0.39 is 0 Å². The molecule has 3 aliphatic rings. The normalized spacial score (nSPS) is 19.3. The Hall–Kier alpha value is -4.26. The van der Waals surface area contributed by atoms with Gasteiger partial charge in [-0.15, -0.1) is 0 Å². The maximum Gasteiger partial charge on any atom is 0.239 e. The molecule has 0 radical (unpaired) electrons. The molecule has 0 saturated carbocycles. The number of benzene rings is 3. The maximum atomic E-state index is 13.7. The van der Waals surface area contributed by atoms with E-state index in [1.807, 2.05) is 72.8 Å². The van der Waals surface area contributed by atoms with Crippen molar-refractivity contribution in [2.45, 2.75) is 39.3 Å². The molecule has 7 heteroatoms. The lowest BCUT2D eigenvalue weighted by Gasteiger charge is -2.37. The lowest BCUT2D eigenvalue weighted by Crippen LogP contribution is -2.41. The Morgan fingerprint density at radius 1 is 1.00 bits per heavy atom. The van der Waals surface area contributed by atoms with Gasteiger partial charge in [-0.1, -0.05) is 62.4 Å². The van der Waals surface area contributed by atoms with Crippen LogP contribution in [0.2, 0.25) is 0 Å². The Morgan fingerprint density at radius 3 is 2.61 bits per heavy atom. The number of ether oxygens (including phenoxy) is 2. The summed E-state index contributed by atoms with van der Waals surface area (Å²) in [6.45, 7) is 4.93. The molecule has 7 nitrogen and oxygen atoms in total. The van der Waals surface area contributed by atoms with Crippen LogP contribution in [0.25, 0.3) is 0 Å². The third kappa shape index (κ3) is 4.60. The number of amides is 1. The highest BCUT2D eigenvalue weighted by atomic mass is 16.7. The topological polar surface area (TPSA) is 79.9 Å². The van der Waals surface area contributed by atoms with Gasteiger partial charge in [-0.25, -0.2) is 0 Å². The summed E-state index contributed by atoms with van der Waals surface area (Å²) in [6.07, 6.45) is 1.23. The number of ketones is 1. The molecule has 0 aromatic heterocycles. The molecule has 1 unspecified atom stereocenters. The standard InChI is InChI=1S/C31H31N3O4/c1-31(2)15-23-29(25(35)16-31)30(21-8-4-3-5-9-21)34(24-11-7-6-10-22(24)33-23)18-28(36)32-17-20-12-13-26-27(14-20)38-19-37-26/h3-14,30,33H,15-19H2,1-2H3,(H,32,36). The highest BCUT2D eigenvalue weighted by Crippen LogP contribution is 2.48. The number of Topliss-reactive ketones (excluding diaryl/α,β-unsaturated/α-hetero) is 1. The lowest BCUT2D eigenvalue weighted by atomic mass is 9.73. The van der Waals surface area contributed by atoms with E-state index in [-0.39, 0.29) is 36.5 Å². The molecule has 0 bridgehead atoms. The van der Waals surface area contributed by atoms with E-state index in [2.05, 4.69) is 29.4 Å². The number of anilines is 2. The second-order valence-electron chi connectivity index (χ2n) is 10.9. The third-order valence-corrected chi connectivity index (χ3v) is 7.36. The van der Waals surface area contributed by atoms with Crippen LogP contribution in [0.3, 0.4) is 0 Å². The van der Waals surface area contributed by atoms with Gasteiger partial charge in [0.15, 0.2) is 17.3 Å². The van der Waals surface area contributed by atoms with Crippen molar-refractivity contribution in [3.63, 3.8) is 0 Å². The second-order valence-corrected chi connectivity index (χ2v) is 10.9. The monoisotopic (exact) mass is 509 g/mol. The van der Waals surface area contributed by atoms with Crippen molar-refractivity contribution in [2.75, 3.05) is 23.6 Å². The summed E-state index contributed by atoms with van der Waals surface area (Å²) >= 11 is 0. The predicted molar refractivity (Wildman–Crippen MR) is 146 cm³/mol. The number of para-hydroxylation sites is 2. The molecule has 194 valence electrons. The van der Waals surface area contributed by atoms with E-state index in [9.17, 15) is 9.59 Å². The van der Waals surface area contributed by atoms with Crippen LogP contribution >= 0.6 is 0 Å². The van der Waals surface area contributed by atoms with E-state index in [1.165, 1.54) is 0 Å². The Kier molecular flexibility index (Phi) is 6.06. The van der Waals surface area contributed by atoms with Crippen molar-refractivity contribution >= 4 is 23.1 Å². The first kappa shape index (κ1) is 24.1. The number of nitrogens with zero attached hydrogens (tertiary/aromatic N) is 1. The molecular formula is C31H31N3O4. The van der Waals surface area contributed by atoms with Crippen molar-refractivity contribution in [1.82, 2.24) is 5.32 Å². The Morgan fingerprint density at radius 2 is 1.76 bits per heavy atom. The Labute approximate surface area is 222 Å². The average Bonchev–Trinajstić information content (AvgIpc) is 3.32. The van der Waals surface area contributed by atoms with Crippen molar-refractivity contribution in [3.05, 3.63) is 95.2 Å². The van der Waals surface area contributed by atoms with Gasteiger partial charge in [0.2, 0.25) is 12.7 Å². The van der Waals surface area contributed by atoms with Crippen LogP contribution in [0.4, 0.5) is 11.4 Å². The number of nitrogens with one attached hydrogen (secondary N) is 2. The zero-order valence-corrected chi connectivity index (χ0v) is 21.6. The fourth-order valence-electron chi connectivity index (χ4n) is 5.67. The van der Waals surface area contributed by atoms with Crippen LogP contribution in [0.5, 0.6) is 11.5 Å². The molecule has 2 heterocycles. The first-order chi connectivity index (χ1) is 18.4. The zero-order valence-electron chi connectivity index (χ0n) is 21.6. The quantitative estimate of drug-likeness (QED) is 0.483. The molecule has 2 aliphatic heterocycles. The van der Waals surface area contributed by atoms with E-state index in [0.717, 1.165) is 40.2 Å². The van der Waals surface area contributed by atoms with Gasteiger partial charge in [0.05, 0.1) is 24.0 Å². The van der Waals surface area contributed by atoms with Crippen LogP contribution in [-0.2, 0) is 16.1 Å². The minimum Gasteiger partial charge on any atom is -0.454 e. The highest BCUT2D eigenvalue weighted by Gasteiger charge is 2.41. The number of hydrogen-bond acceptors (Lipinski definition) is 6. The molecule has 38 heavy (non-hydrogen) atoms. The molecule has 2 N–H and O–H groups in total. The van der Waals surface area contributed by atoms with Gasteiger partial charge in [-0.3, -0.25) is 9.59 Å². The van der Waals surface area contributed by atoms with Crippen molar-refractivity contribution in [3.8, 4) is 11.5 Å². The number of carbonyl (C=O) groups excluding carboxylic acids is 2. The van der Waals surface area contributed by atoms with Gasteiger partial charge < -0.3 is 25.0 Å². The highest BCUT2D eigenvalue weighted by molar-refractivity contribution is 6.01. The van der Waals surface area contributed by atoms with Crippen molar-refractivity contribution < 1.29 is 19.1 Å². The number of carbonyl (C=O) groups is 2. The summed E-state index contributed by atoms with van der Waals surface area (Å²) in [5.74, 6) is 1.39. The SMILES string of the molecule is CC1(C)CC(=O)C2=C(C1)Nc1ccccc1N(CC(=O)NCc1ccc3c(c1)OCO3)C2c1ccccc1. The fourth-order valence-corrected chi connectivity index (χ4v) is 5.67. The molecule has 0 fully saturated rings. The molecule has 3 aromatic rings. The predicted octanol–water partition coefficient (Wildman–Crippen LogP) is 5.35. The van der Waals surface area contributed by atoms with E-state index in [4.69, 9.17) is 9.47 Å². The van der Waals surface area contributed by atoms with Gasteiger partial charge in [0, 0.05) is 24.2 Å². The number of allylic oxidation sites excluding steroid dienone is 1. The second kappa shape index (κ2) is 9.56. The van der Waals surface area contributed by atoms with E-state index in [0.29, 0.717) is 24.5 Å². The minimum atomic E-state index is -0.387. The van der Waals surface area contributed by atoms with Gasteiger partial charge >= 0.3 is 0 Å². The molecule has 0 spiro atoms. The maximum absolute atomic E-state index is 13.7. The van der Waals surface area contributed by atoms with Crippen LogP contribution < -0.4 is 25.0 Å². The third-order valence-electron chi connectivity index (χ3n) is 7.36. The molecular weight excluding hydrogens is 478 g/mol. The van der Waals surface area contributed by atoms with Gasteiger partial charge in [-0.2, -0.15) is 0 Å². The first-order valence-corrected chi connectivity index (χ1v) is 13.0. The van der Waals surface area contributed by atoms with Crippen molar-refractivity contribution in [2.24, 2.45) is 5.41 Å². The Bertz CT molecular complexity index is 1430. The number of hydrogen-bond donors (Lipinski definition) is 2. The summed E-state index contributed by atoms with van der Waals surface area (Å²) in [7, 11) is 0. The van der Waals surface area contributed by atoms with Crippen LogP contribution in [0, 0.1) is 5.41 Å². The summed E-state index contributed by atoms with van der Waals surface area (Å²) in [4.78, 5) is 29.2. The van der Waals surface area contributed by atoms with Crippen molar-refractivity contribution in [1.29, 1.82) is 0 Å². The summed E-state index contributed by atoms with van der Waals surface area (Å²) in [5, 5.41) is 6.65. The molecule has 3 aromatic carbocycles. The van der Waals surface area contributed by atoms with E-state index in [1.54, 1.807) is 0 Å². The van der Waals surface area contributed by atoms with Gasteiger partial charge in [0.1, 0.15) is 0 Å². The smallest absolute Gasteiger partial charge is 0.239 e. The summed E-state index contributed by atoms with van der Waals surface area (Å²) in [5.41, 5.74) is 5.24. The first-order valence-electron chi connectivity index (χ1n) is 13.0. The fraction of sp³-hybridized carbons (Fsp3) is 0.290. The average molecular weight is 510 g/mol. The van der Waals surface area contributed by atoms with Crippen LogP contribution in [0.15, 0.2) is 84.1 Å². The zero-order chi connectivity index (χ0) is 26.3.